The molecular formula is C23H27ClN4O5. The van der Waals surface area contributed by atoms with Gasteiger partial charge in [0.25, 0.3) is 11.6 Å². The molecule has 0 saturated carbocycles. The van der Waals surface area contributed by atoms with Gasteiger partial charge in [-0.3, -0.25) is 19.7 Å². The average molecular weight is 475 g/mol. The molecule has 176 valence electrons. The number of rotatable bonds is 7. The monoisotopic (exact) mass is 474 g/mol. The molecule has 10 heteroatoms. The Hall–Kier alpha value is -3.33. The summed E-state index contributed by atoms with van der Waals surface area (Å²) in [4.78, 5) is 40.4. The van der Waals surface area contributed by atoms with Gasteiger partial charge in [0.05, 0.1) is 12.0 Å². The highest BCUT2D eigenvalue weighted by molar-refractivity contribution is 6.32. The molecule has 1 aliphatic heterocycles. The number of methoxy groups -OCH3 is 1. The number of halogens is 1. The number of anilines is 1. The summed E-state index contributed by atoms with van der Waals surface area (Å²) in [7, 11) is 1.62. The summed E-state index contributed by atoms with van der Waals surface area (Å²) in [5.74, 6) is -0.104. The van der Waals surface area contributed by atoms with Gasteiger partial charge in [-0.05, 0) is 42.3 Å². The number of nitrogens with zero attached hydrogens (tertiary/aromatic N) is 3. The number of nitro groups is 1. The SMILES string of the molecule is COc1ccc(N2CCN(C(=O)[C@@H](NC(=O)c3ccc(Cl)c([N+](=O)[O-])c3)C(C)C)CC2)cc1. The minimum atomic E-state index is -0.750. The molecule has 9 nitrogen and oxygen atoms in total. The van der Waals surface area contributed by atoms with Crippen molar-refractivity contribution in [3.8, 4) is 5.75 Å². The van der Waals surface area contributed by atoms with Crippen molar-refractivity contribution in [2.45, 2.75) is 19.9 Å². The van der Waals surface area contributed by atoms with Crippen molar-refractivity contribution in [3.05, 3.63) is 63.2 Å². The molecule has 2 aromatic carbocycles. The van der Waals surface area contributed by atoms with Crippen molar-refractivity contribution in [2.75, 3.05) is 38.2 Å². The van der Waals surface area contributed by atoms with Gasteiger partial charge in [0, 0.05) is 43.5 Å². The molecule has 1 fully saturated rings. The first-order valence-electron chi connectivity index (χ1n) is 10.6. The van der Waals surface area contributed by atoms with Crippen LogP contribution in [-0.2, 0) is 4.79 Å². The maximum Gasteiger partial charge on any atom is 0.288 e. The van der Waals surface area contributed by atoms with Crippen molar-refractivity contribution in [1.82, 2.24) is 10.2 Å². The fourth-order valence-electron chi connectivity index (χ4n) is 3.71. The Balaban J connectivity index is 1.65. The van der Waals surface area contributed by atoms with Gasteiger partial charge in [0.2, 0.25) is 5.91 Å². The second kappa shape index (κ2) is 10.5. The number of benzene rings is 2. The second-order valence-corrected chi connectivity index (χ2v) is 8.54. The summed E-state index contributed by atoms with van der Waals surface area (Å²) in [5, 5.41) is 13.8. The van der Waals surface area contributed by atoms with Crippen LogP contribution in [0.1, 0.15) is 24.2 Å². The quantitative estimate of drug-likeness (QED) is 0.487. The highest BCUT2D eigenvalue weighted by Gasteiger charge is 2.31. The summed E-state index contributed by atoms with van der Waals surface area (Å²) < 4.78 is 5.20. The van der Waals surface area contributed by atoms with Crippen LogP contribution in [0.2, 0.25) is 5.02 Å². The third kappa shape index (κ3) is 5.73. The van der Waals surface area contributed by atoms with E-state index >= 15 is 0 Å². The Kier molecular flexibility index (Phi) is 7.75. The van der Waals surface area contributed by atoms with E-state index in [9.17, 15) is 19.7 Å². The Bertz CT molecular complexity index is 1020. The third-order valence-corrected chi connectivity index (χ3v) is 5.97. The fraction of sp³-hybridized carbons (Fsp3) is 0.391. The third-order valence-electron chi connectivity index (χ3n) is 5.65. The van der Waals surface area contributed by atoms with Crippen molar-refractivity contribution < 1.29 is 19.2 Å². The van der Waals surface area contributed by atoms with Crippen molar-refractivity contribution in [1.29, 1.82) is 0 Å². The zero-order chi connectivity index (χ0) is 24.1. The molecular weight excluding hydrogens is 448 g/mol. The first-order chi connectivity index (χ1) is 15.7. The number of hydrogen-bond acceptors (Lipinski definition) is 6. The van der Waals surface area contributed by atoms with Crippen LogP contribution in [0, 0.1) is 16.0 Å². The van der Waals surface area contributed by atoms with Crippen molar-refractivity contribution in [2.24, 2.45) is 5.92 Å². The van der Waals surface area contributed by atoms with Crippen LogP contribution in [0.5, 0.6) is 5.75 Å². The van der Waals surface area contributed by atoms with E-state index in [1.165, 1.54) is 12.1 Å². The predicted molar refractivity (Wildman–Crippen MR) is 126 cm³/mol. The van der Waals surface area contributed by atoms with E-state index in [2.05, 4.69) is 10.2 Å². The van der Waals surface area contributed by atoms with E-state index in [-0.39, 0.29) is 28.1 Å². The summed E-state index contributed by atoms with van der Waals surface area (Å²) in [6, 6.07) is 10.8. The number of piperazine rings is 1. The van der Waals surface area contributed by atoms with Gasteiger partial charge in [0.1, 0.15) is 16.8 Å². The van der Waals surface area contributed by atoms with Gasteiger partial charge in [-0.2, -0.15) is 0 Å². The zero-order valence-corrected chi connectivity index (χ0v) is 19.5. The predicted octanol–water partition coefficient (Wildman–Crippen LogP) is 3.36. The molecule has 0 spiro atoms. The van der Waals surface area contributed by atoms with Crippen LogP contribution in [-0.4, -0.2) is 61.0 Å². The summed E-state index contributed by atoms with van der Waals surface area (Å²) in [5.41, 5.74) is 0.779. The van der Waals surface area contributed by atoms with Crippen molar-refractivity contribution in [3.63, 3.8) is 0 Å². The van der Waals surface area contributed by atoms with Crippen LogP contribution in [0.4, 0.5) is 11.4 Å². The minimum absolute atomic E-state index is 0.0530. The van der Waals surface area contributed by atoms with Gasteiger partial charge in [-0.1, -0.05) is 25.4 Å². The maximum atomic E-state index is 13.2. The number of nitro benzene ring substituents is 1. The molecule has 0 bridgehead atoms. The average Bonchev–Trinajstić information content (AvgIpc) is 2.82. The number of hydrogen-bond donors (Lipinski definition) is 1. The summed E-state index contributed by atoms with van der Waals surface area (Å²) in [6.45, 7) is 6.08. The topological polar surface area (TPSA) is 105 Å². The van der Waals surface area contributed by atoms with Gasteiger partial charge in [0.15, 0.2) is 0 Å². The van der Waals surface area contributed by atoms with E-state index in [1.807, 2.05) is 38.1 Å². The molecule has 33 heavy (non-hydrogen) atoms. The minimum Gasteiger partial charge on any atom is -0.497 e. The van der Waals surface area contributed by atoms with Crippen LogP contribution in [0.15, 0.2) is 42.5 Å². The number of carbonyl (C=O) groups is 2. The van der Waals surface area contributed by atoms with Gasteiger partial charge < -0.3 is 19.9 Å². The fourth-order valence-corrected chi connectivity index (χ4v) is 3.89. The molecule has 1 N–H and O–H groups in total. The first-order valence-corrected chi connectivity index (χ1v) is 11.0. The number of carbonyl (C=O) groups excluding carboxylic acids is 2. The lowest BCUT2D eigenvalue weighted by Gasteiger charge is -2.38. The largest absolute Gasteiger partial charge is 0.497 e. The summed E-state index contributed by atoms with van der Waals surface area (Å²) in [6.07, 6.45) is 0. The molecule has 2 amide bonds. The highest BCUT2D eigenvalue weighted by Crippen LogP contribution is 2.25. The number of ether oxygens (including phenoxy) is 1. The van der Waals surface area contributed by atoms with Crippen LogP contribution >= 0.6 is 11.6 Å². The van der Waals surface area contributed by atoms with E-state index in [0.717, 1.165) is 17.5 Å². The molecule has 0 aromatic heterocycles. The van der Waals surface area contributed by atoms with E-state index < -0.39 is 16.9 Å². The molecule has 1 heterocycles. The second-order valence-electron chi connectivity index (χ2n) is 8.13. The van der Waals surface area contributed by atoms with E-state index in [1.54, 1.807) is 12.0 Å². The lowest BCUT2D eigenvalue weighted by molar-refractivity contribution is -0.384. The Morgan fingerprint density at radius 2 is 1.73 bits per heavy atom. The highest BCUT2D eigenvalue weighted by atomic mass is 35.5. The lowest BCUT2D eigenvalue weighted by Crippen LogP contribution is -2.56. The Labute approximate surface area is 197 Å². The van der Waals surface area contributed by atoms with Gasteiger partial charge >= 0.3 is 0 Å². The molecule has 0 radical (unpaired) electrons. The molecule has 2 aromatic rings. The molecule has 3 rings (SSSR count). The number of nitrogens with one attached hydrogen (secondary N) is 1. The Morgan fingerprint density at radius 1 is 1.09 bits per heavy atom. The smallest absolute Gasteiger partial charge is 0.288 e. The number of amides is 2. The molecule has 0 unspecified atom stereocenters. The summed E-state index contributed by atoms with van der Waals surface area (Å²) >= 11 is 5.83. The lowest BCUT2D eigenvalue weighted by atomic mass is 10.0. The van der Waals surface area contributed by atoms with Gasteiger partial charge in [-0.15, -0.1) is 0 Å². The van der Waals surface area contributed by atoms with Crippen LogP contribution < -0.4 is 15.0 Å². The molecule has 1 aliphatic rings. The van der Waals surface area contributed by atoms with Gasteiger partial charge in [-0.25, -0.2) is 0 Å². The normalized spacial score (nSPS) is 14.7. The van der Waals surface area contributed by atoms with E-state index in [0.29, 0.717) is 26.2 Å². The first kappa shape index (κ1) is 24.3. The molecule has 1 atom stereocenters. The maximum absolute atomic E-state index is 13.2. The van der Waals surface area contributed by atoms with Crippen LogP contribution in [0.3, 0.4) is 0 Å². The van der Waals surface area contributed by atoms with Crippen molar-refractivity contribution >= 4 is 34.8 Å². The van der Waals surface area contributed by atoms with Crippen LogP contribution in [0.25, 0.3) is 0 Å². The van der Waals surface area contributed by atoms with E-state index in [4.69, 9.17) is 16.3 Å². The molecule has 1 saturated heterocycles. The molecule has 0 aliphatic carbocycles. The Morgan fingerprint density at radius 3 is 2.27 bits per heavy atom. The standard InChI is InChI=1S/C23H27ClN4O5/c1-15(2)21(25-22(29)16-4-9-19(24)20(14-16)28(31)32)23(30)27-12-10-26(11-13-27)17-5-7-18(33-3)8-6-17/h4-9,14-15,21H,10-13H2,1-3H3,(H,25,29)/t21-/m0/s1. The zero-order valence-electron chi connectivity index (χ0n) is 18.8.